The molecule has 0 aliphatic heterocycles. The molecule has 43 heavy (non-hydrogen) atoms. The molecule has 5 nitrogen and oxygen atoms in total. The minimum Gasteiger partial charge on any atom is -0.378 e. The predicted molar refractivity (Wildman–Crippen MR) is 172 cm³/mol. The van der Waals surface area contributed by atoms with E-state index in [-0.39, 0.29) is 11.8 Å². The van der Waals surface area contributed by atoms with Crippen LogP contribution >= 0.6 is 0 Å². The topological polar surface area (TPSA) is 67.2 Å². The van der Waals surface area contributed by atoms with Crippen LogP contribution in [0.5, 0.6) is 0 Å². The van der Waals surface area contributed by atoms with E-state index >= 15 is 0 Å². The molecule has 0 radical (unpaired) electrons. The summed E-state index contributed by atoms with van der Waals surface area (Å²) in [4.78, 5) is 17.1. The van der Waals surface area contributed by atoms with Crippen molar-refractivity contribution >= 4 is 16.7 Å². The van der Waals surface area contributed by atoms with Gasteiger partial charge in [0.05, 0.1) is 12.0 Å². The zero-order valence-corrected chi connectivity index (χ0v) is 24.6. The van der Waals surface area contributed by atoms with Crippen LogP contribution < -0.4 is 5.32 Å². The summed E-state index contributed by atoms with van der Waals surface area (Å²) >= 11 is 0. The normalized spacial score (nSPS) is 13.1. The summed E-state index contributed by atoms with van der Waals surface area (Å²) in [5, 5.41) is 17.1. The van der Waals surface area contributed by atoms with Gasteiger partial charge in [-0.1, -0.05) is 123 Å². The summed E-state index contributed by atoms with van der Waals surface area (Å²) in [6, 6.07) is 42.8. The van der Waals surface area contributed by atoms with Crippen LogP contribution in [-0.2, 0) is 11.1 Å². The molecule has 0 aliphatic rings. The molecule has 1 aromatic heterocycles. The van der Waals surface area contributed by atoms with Crippen molar-refractivity contribution in [2.45, 2.75) is 25.0 Å². The molecule has 0 saturated carbocycles. The van der Waals surface area contributed by atoms with Gasteiger partial charge in [0.2, 0.25) is 0 Å². The highest BCUT2D eigenvalue weighted by Crippen LogP contribution is 2.43. The van der Waals surface area contributed by atoms with Gasteiger partial charge in [-0.25, -0.2) is 4.98 Å². The first-order valence-electron chi connectivity index (χ1n) is 14.6. The second kappa shape index (κ2) is 11.3. The summed E-state index contributed by atoms with van der Waals surface area (Å²) in [5.41, 5.74) is 3.07. The molecule has 0 spiro atoms. The Morgan fingerprint density at radius 3 is 1.74 bits per heavy atom. The fourth-order valence-electron chi connectivity index (χ4n) is 6.23. The number of fused-ring (bicyclic) bond motifs is 1. The molecule has 1 amide bonds. The van der Waals surface area contributed by atoms with Gasteiger partial charge in [0.15, 0.2) is 0 Å². The number of amides is 1. The standard InChI is InChI=1S/C38H35N3O2/c1-27(2)38(43,34-22-21-28-23-30(36(42)39-3)20-19-29(28)24-34)35-25-41(26-40-35)37(31-13-7-4-8-14-31,32-15-9-5-10-16-32)33-17-11-6-12-18-33/h4-27,43H,1-3H3,(H,39,42). The van der Waals surface area contributed by atoms with Gasteiger partial charge in [-0.2, -0.15) is 0 Å². The number of rotatable bonds is 8. The fourth-order valence-corrected chi connectivity index (χ4v) is 6.23. The Balaban J connectivity index is 1.55. The molecule has 2 N–H and O–H groups in total. The largest absolute Gasteiger partial charge is 0.378 e. The number of hydrogen-bond acceptors (Lipinski definition) is 3. The highest BCUT2D eigenvalue weighted by molar-refractivity contribution is 5.98. The Morgan fingerprint density at radius 1 is 0.721 bits per heavy atom. The number of imidazole rings is 1. The fraction of sp³-hybridized carbons (Fsp3) is 0.158. The molecule has 6 aromatic rings. The van der Waals surface area contributed by atoms with E-state index in [9.17, 15) is 9.90 Å². The minimum absolute atomic E-state index is 0.131. The maximum Gasteiger partial charge on any atom is 0.251 e. The zero-order chi connectivity index (χ0) is 30.0. The summed E-state index contributed by atoms with van der Waals surface area (Å²) in [6.07, 6.45) is 3.83. The first kappa shape index (κ1) is 28.1. The van der Waals surface area contributed by atoms with Gasteiger partial charge < -0.3 is 15.0 Å². The van der Waals surface area contributed by atoms with Crippen molar-refractivity contribution in [3.8, 4) is 0 Å². The maximum absolute atomic E-state index is 12.5. The van der Waals surface area contributed by atoms with Crippen LogP contribution in [0.25, 0.3) is 10.8 Å². The summed E-state index contributed by atoms with van der Waals surface area (Å²) in [6.45, 7) is 4.02. The van der Waals surface area contributed by atoms with Gasteiger partial charge >= 0.3 is 0 Å². The van der Waals surface area contributed by atoms with E-state index in [0.717, 1.165) is 33.0 Å². The van der Waals surface area contributed by atoms with Crippen LogP contribution in [0.3, 0.4) is 0 Å². The first-order chi connectivity index (χ1) is 20.9. The SMILES string of the molecule is CNC(=O)c1ccc2cc(C(O)(c3cn(C(c4ccccc4)(c4ccccc4)c4ccccc4)cn3)C(C)C)ccc2c1. The van der Waals surface area contributed by atoms with Crippen molar-refractivity contribution in [2.75, 3.05) is 7.05 Å². The minimum atomic E-state index is -1.37. The third-order valence-electron chi connectivity index (χ3n) is 8.54. The molecule has 214 valence electrons. The lowest BCUT2D eigenvalue weighted by atomic mass is 9.76. The predicted octanol–water partition coefficient (Wildman–Crippen LogP) is 7.13. The second-order valence-corrected chi connectivity index (χ2v) is 11.3. The van der Waals surface area contributed by atoms with Crippen LogP contribution in [0, 0.1) is 5.92 Å². The second-order valence-electron chi connectivity index (χ2n) is 11.3. The number of hydrogen-bond donors (Lipinski definition) is 2. The average Bonchev–Trinajstić information content (AvgIpc) is 3.56. The quantitative estimate of drug-likeness (QED) is 0.193. The van der Waals surface area contributed by atoms with E-state index in [1.54, 1.807) is 7.05 Å². The Morgan fingerprint density at radius 2 is 1.23 bits per heavy atom. The van der Waals surface area contributed by atoms with Crippen LogP contribution in [0.2, 0.25) is 0 Å². The molecule has 0 bridgehead atoms. The summed E-state index contributed by atoms with van der Waals surface area (Å²) in [7, 11) is 1.62. The van der Waals surface area contributed by atoms with Crippen LogP contribution in [0.1, 0.15) is 52.2 Å². The van der Waals surface area contributed by atoms with Crippen molar-refractivity contribution in [2.24, 2.45) is 5.92 Å². The molecule has 1 atom stereocenters. The molecular weight excluding hydrogens is 530 g/mol. The highest BCUT2D eigenvalue weighted by Gasteiger charge is 2.42. The van der Waals surface area contributed by atoms with Crippen molar-refractivity contribution in [3.05, 3.63) is 173 Å². The van der Waals surface area contributed by atoms with Crippen molar-refractivity contribution in [3.63, 3.8) is 0 Å². The van der Waals surface area contributed by atoms with E-state index in [0.29, 0.717) is 11.3 Å². The molecule has 6 rings (SSSR count). The molecule has 0 aliphatic carbocycles. The lowest BCUT2D eigenvalue weighted by Crippen LogP contribution is -2.37. The van der Waals surface area contributed by atoms with Gasteiger partial charge in [0.1, 0.15) is 11.1 Å². The third kappa shape index (κ3) is 4.72. The van der Waals surface area contributed by atoms with Gasteiger partial charge in [0.25, 0.3) is 5.91 Å². The van der Waals surface area contributed by atoms with Crippen molar-refractivity contribution < 1.29 is 9.90 Å². The van der Waals surface area contributed by atoms with Crippen LogP contribution in [0.4, 0.5) is 0 Å². The Kier molecular flexibility index (Phi) is 7.43. The van der Waals surface area contributed by atoms with E-state index in [4.69, 9.17) is 4.98 Å². The molecule has 0 fully saturated rings. The number of nitrogens with one attached hydrogen (secondary N) is 1. The molecule has 1 unspecified atom stereocenters. The maximum atomic E-state index is 12.5. The highest BCUT2D eigenvalue weighted by atomic mass is 16.3. The lowest BCUT2D eigenvalue weighted by molar-refractivity contribution is 0.0279. The first-order valence-corrected chi connectivity index (χ1v) is 14.6. The molecule has 5 aromatic carbocycles. The van der Waals surface area contributed by atoms with E-state index in [2.05, 4.69) is 82.7 Å². The lowest BCUT2D eigenvalue weighted by Gasteiger charge is -2.37. The van der Waals surface area contributed by atoms with Gasteiger partial charge in [0, 0.05) is 18.8 Å². The van der Waals surface area contributed by atoms with Crippen LogP contribution in [-0.4, -0.2) is 27.6 Å². The van der Waals surface area contributed by atoms with Crippen molar-refractivity contribution in [1.29, 1.82) is 0 Å². The molecule has 0 saturated heterocycles. The number of carbonyl (C=O) groups is 1. The average molecular weight is 566 g/mol. The van der Waals surface area contributed by atoms with E-state index < -0.39 is 11.1 Å². The number of aliphatic hydroxyl groups is 1. The van der Waals surface area contributed by atoms with Gasteiger partial charge in [-0.3, -0.25) is 4.79 Å². The number of nitrogens with zero attached hydrogens (tertiary/aromatic N) is 2. The Hall–Kier alpha value is -5.00. The number of carbonyl (C=O) groups excluding carboxylic acids is 1. The third-order valence-corrected chi connectivity index (χ3v) is 8.54. The van der Waals surface area contributed by atoms with Gasteiger partial charge in [-0.15, -0.1) is 0 Å². The monoisotopic (exact) mass is 565 g/mol. The number of aromatic nitrogens is 2. The zero-order valence-electron chi connectivity index (χ0n) is 24.6. The smallest absolute Gasteiger partial charge is 0.251 e. The number of benzene rings is 5. The summed E-state index contributed by atoms with van der Waals surface area (Å²) < 4.78 is 2.13. The van der Waals surface area contributed by atoms with Crippen LogP contribution in [0.15, 0.2) is 140 Å². The summed E-state index contributed by atoms with van der Waals surface area (Å²) in [5.74, 6) is -0.313. The Labute approximate surface area is 252 Å². The Bertz CT molecular complexity index is 1770. The van der Waals surface area contributed by atoms with E-state index in [1.807, 2.05) is 81.0 Å². The van der Waals surface area contributed by atoms with Crippen molar-refractivity contribution in [1.82, 2.24) is 14.9 Å². The van der Waals surface area contributed by atoms with E-state index in [1.165, 1.54) is 0 Å². The molecular formula is C38H35N3O2. The molecule has 5 heteroatoms. The molecule has 1 heterocycles. The van der Waals surface area contributed by atoms with Gasteiger partial charge in [-0.05, 0) is 57.1 Å².